The molecular weight excluding hydrogens is 456 g/mol. The number of halogens is 1. The summed E-state index contributed by atoms with van der Waals surface area (Å²) in [6, 6.07) is 23.3. The molecule has 1 unspecified atom stereocenters. The van der Waals surface area contributed by atoms with Gasteiger partial charge in [0.15, 0.2) is 5.78 Å². The minimum Gasteiger partial charge on any atom is -0.382 e. The molecule has 0 spiro atoms. The largest absolute Gasteiger partial charge is 0.382 e. The summed E-state index contributed by atoms with van der Waals surface area (Å²) in [5.41, 5.74) is 6.04. The summed E-state index contributed by atoms with van der Waals surface area (Å²) in [7, 11) is 0. The molecule has 0 aliphatic rings. The Labute approximate surface area is 212 Å². The van der Waals surface area contributed by atoms with Crippen LogP contribution in [0.2, 0.25) is 5.02 Å². The van der Waals surface area contributed by atoms with Crippen LogP contribution in [0.1, 0.15) is 60.4 Å². The Morgan fingerprint density at radius 3 is 2.49 bits per heavy atom. The van der Waals surface area contributed by atoms with E-state index in [1.807, 2.05) is 92.1 Å². The first-order chi connectivity index (χ1) is 16.9. The van der Waals surface area contributed by atoms with Crippen LogP contribution in [0.15, 0.2) is 91.4 Å². The molecule has 0 aliphatic carbocycles. The molecule has 1 heterocycles. The maximum Gasteiger partial charge on any atom is 0.153 e. The molecule has 0 saturated carbocycles. The van der Waals surface area contributed by atoms with Crippen molar-refractivity contribution in [2.24, 2.45) is 0 Å². The fraction of sp³-hybridized carbons (Fsp3) is 0.200. The van der Waals surface area contributed by atoms with Gasteiger partial charge < -0.3 is 9.67 Å². The number of aryl methyl sites for hydroxylation is 1. The van der Waals surface area contributed by atoms with Gasteiger partial charge in [-0.2, -0.15) is 0 Å². The number of allylic oxidation sites excluding steroid dienone is 1. The van der Waals surface area contributed by atoms with Crippen molar-refractivity contribution in [3.63, 3.8) is 0 Å². The number of aliphatic hydroxyl groups is 1. The van der Waals surface area contributed by atoms with Gasteiger partial charge in [-0.3, -0.25) is 4.79 Å². The fourth-order valence-corrected chi connectivity index (χ4v) is 4.11. The van der Waals surface area contributed by atoms with Crippen molar-refractivity contribution >= 4 is 23.0 Å². The molecule has 4 nitrogen and oxygen atoms in total. The lowest BCUT2D eigenvalue weighted by atomic mass is 9.90. The smallest absolute Gasteiger partial charge is 0.153 e. The van der Waals surface area contributed by atoms with E-state index in [1.165, 1.54) is 6.92 Å². The van der Waals surface area contributed by atoms with Gasteiger partial charge in [0.2, 0.25) is 0 Å². The number of nitrogens with zero attached hydrogens (tertiary/aromatic N) is 2. The first-order valence-corrected chi connectivity index (χ1v) is 12.1. The lowest BCUT2D eigenvalue weighted by molar-refractivity contribution is -0.112. The minimum atomic E-state index is -0.867. The molecule has 0 radical (unpaired) electrons. The normalized spacial score (nSPS) is 12.0. The number of rotatable bonds is 7. The molecule has 0 saturated heterocycles. The maximum absolute atomic E-state index is 12.1. The highest BCUT2D eigenvalue weighted by molar-refractivity contribution is 6.30. The van der Waals surface area contributed by atoms with Crippen molar-refractivity contribution in [2.45, 2.75) is 40.3 Å². The van der Waals surface area contributed by atoms with Gasteiger partial charge in [0.1, 0.15) is 6.10 Å². The van der Waals surface area contributed by atoms with Crippen LogP contribution in [0.5, 0.6) is 0 Å². The molecule has 1 atom stereocenters. The minimum absolute atomic E-state index is 0.0590. The van der Waals surface area contributed by atoms with E-state index in [9.17, 15) is 9.90 Å². The van der Waals surface area contributed by atoms with Gasteiger partial charge in [0.05, 0.1) is 18.2 Å². The number of hydrogen-bond acceptors (Lipinski definition) is 3. The zero-order valence-electron chi connectivity index (χ0n) is 20.6. The molecule has 180 valence electrons. The van der Waals surface area contributed by atoms with Gasteiger partial charge in [0.25, 0.3) is 0 Å². The lowest BCUT2D eigenvalue weighted by Gasteiger charge is -2.18. The van der Waals surface area contributed by atoms with Crippen molar-refractivity contribution in [3.05, 3.63) is 130 Å². The van der Waals surface area contributed by atoms with Crippen molar-refractivity contribution in [1.29, 1.82) is 0 Å². The summed E-state index contributed by atoms with van der Waals surface area (Å²) in [5, 5.41) is 11.9. The summed E-state index contributed by atoms with van der Waals surface area (Å²) in [5.74, 6) is -0.0590. The monoisotopic (exact) mass is 486 g/mol. The van der Waals surface area contributed by atoms with E-state index >= 15 is 0 Å². The predicted molar refractivity (Wildman–Crippen MR) is 144 cm³/mol. The van der Waals surface area contributed by atoms with Crippen LogP contribution >= 0.6 is 11.6 Å². The van der Waals surface area contributed by atoms with Crippen LogP contribution in [-0.4, -0.2) is 20.4 Å². The second-order valence-corrected chi connectivity index (χ2v) is 8.52. The van der Waals surface area contributed by atoms with E-state index in [0.717, 1.165) is 33.4 Å². The topological polar surface area (TPSA) is 55.1 Å². The molecule has 0 bridgehead atoms. The molecule has 0 fully saturated rings. The first kappa shape index (κ1) is 26.1. The summed E-state index contributed by atoms with van der Waals surface area (Å²) >= 11 is 6.22. The van der Waals surface area contributed by atoms with Crippen LogP contribution in [0, 0.1) is 6.92 Å². The molecular formula is C30H31ClN2O2. The number of aromatic nitrogens is 2. The zero-order valence-corrected chi connectivity index (χ0v) is 21.3. The number of carbonyl (C=O) groups excluding carboxylic acids is 1. The highest BCUT2D eigenvalue weighted by Gasteiger charge is 2.18. The van der Waals surface area contributed by atoms with Crippen LogP contribution in [0.25, 0.3) is 5.57 Å². The molecule has 1 N–H and O–H groups in total. The number of ketones is 1. The lowest BCUT2D eigenvalue weighted by Crippen LogP contribution is -2.10. The third-order valence-electron chi connectivity index (χ3n) is 5.57. The molecule has 4 rings (SSSR count). The molecule has 3 aromatic carbocycles. The Balaban J connectivity index is 0.00000167. The van der Waals surface area contributed by atoms with Gasteiger partial charge in [-0.05, 0) is 71.5 Å². The molecule has 0 aliphatic heterocycles. The summed E-state index contributed by atoms with van der Waals surface area (Å²) in [6.07, 6.45) is 4.17. The highest BCUT2D eigenvalue weighted by atomic mass is 35.5. The van der Waals surface area contributed by atoms with E-state index < -0.39 is 6.10 Å². The maximum atomic E-state index is 12.1. The first-order valence-electron chi connectivity index (χ1n) is 11.7. The standard InChI is InChI=1S/C28H25ClN2O2.C2H6/c1-19-11-12-23(15-25(19)26(13-20(2)32)22-9-6-10-24(29)14-22)28(33)27-16-30-18-31(27)17-21-7-4-3-5-8-21;1-2/h3-16,18,28,33H,17H2,1-2H3;1-2H3/b26-13-;. The summed E-state index contributed by atoms with van der Waals surface area (Å²) in [4.78, 5) is 16.3. The molecule has 0 amide bonds. The van der Waals surface area contributed by atoms with Crippen LogP contribution in [0.4, 0.5) is 0 Å². The predicted octanol–water partition coefficient (Wildman–Crippen LogP) is 7.02. The number of benzene rings is 3. The second-order valence-electron chi connectivity index (χ2n) is 8.09. The van der Waals surface area contributed by atoms with Crippen molar-refractivity contribution in [3.8, 4) is 0 Å². The second kappa shape index (κ2) is 12.3. The van der Waals surface area contributed by atoms with Crippen molar-refractivity contribution < 1.29 is 9.90 Å². The third-order valence-corrected chi connectivity index (χ3v) is 5.81. The average Bonchev–Trinajstić information content (AvgIpc) is 3.32. The Hall–Kier alpha value is -3.47. The molecule has 1 aromatic heterocycles. The van der Waals surface area contributed by atoms with Crippen LogP contribution in [0.3, 0.4) is 0 Å². The molecule has 5 heteroatoms. The van der Waals surface area contributed by atoms with E-state index in [-0.39, 0.29) is 5.78 Å². The van der Waals surface area contributed by atoms with E-state index in [1.54, 1.807) is 24.7 Å². The summed E-state index contributed by atoms with van der Waals surface area (Å²) < 4.78 is 1.95. The van der Waals surface area contributed by atoms with Crippen LogP contribution < -0.4 is 0 Å². The number of carbonyl (C=O) groups is 1. The SMILES string of the molecule is CC.CC(=O)/C=C(/c1cccc(Cl)c1)c1cc(C(O)c2cncn2Cc2ccccc2)ccc1C. The Bertz CT molecular complexity index is 1310. The number of hydrogen-bond donors (Lipinski definition) is 1. The van der Waals surface area contributed by atoms with Gasteiger partial charge in [-0.15, -0.1) is 0 Å². The van der Waals surface area contributed by atoms with E-state index in [0.29, 0.717) is 17.3 Å². The Morgan fingerprint density at radius 2 is 1.80 bits per heavy atom. The fourth-order valence-electron chi connectivity index (χ4n) is 3.92. The van der Waals surface area contributed by atoms with Crippen molar-refractivity contribution in [2.75, 3.05) is 0 Å². The average molecular weight is 487 g/mol. The van der Waals surface area contributed by atoms with Crippen molar-refractivity contribution in [1.82, 2.24) is 9.55 Å². The number of aliphatic hydroxyl groups excluding tert-OH is 1. The van der Waals surface area contributed by atoms with Gasteiger partial charge in [-0.1, -0.05) is 80.0 Å². The number of imidazole rings is 1. The quantitative estimate of drug-likeness (QED) is 0.285. The van der Waals surface area contributed by atoms with Crippen LogP contribution in [-0.2, 0) is 11.3 Å². The highest BCUT2D eigenvalue weighted by Crippen LogP contribution is 2.32. The Kier molecular flexibility index (Phi) is 9.18. The van der Waals surface area contributed by atoms with Gasteiger partial charge >= 0.3 is 0 Å². The van der Waals surface area contributed by atoms with E-state index in [2.05, 4.69) is 4.98 Å². The van der Waals surface area contributed by atoms with Gasteiger partial charge in [-0.25, -0.2) is 4.98 Å². The molecule has 4 aromatic rings. The zero-order chi connectivity index (χ0) is 25.4. The summed E-state index contributed by atoms with van der Waals surface area (Å²) in [6.45, 7) is 8.13. The Morgan fingerprint density at radius 1 is 1.06 bits per heavy atom. The van der Waals surface area contributed by atoms with E-state index in [4.69, 9.17) is 11.6 Å². The molecule has 35 heavy (non-hydrogen) atoms. The third kappa shape index (κ3) is 6.56. The van der Waals surface area contributed by atoms with Gasteiger partial charge in [0, 0.05) is 11.6 Å².